The van der Waals surface area contributed by atoms with E-state index in [0.717, 1.165) is 24.3 Å². The van der Waals surface area contributed by atoms with Gasteiger partial charge >= 0.3 is 6.03 Å². The molecule has 1 aromatic rings. The second-order valence-electron chi connectivity index (χ2n) is 5.55. The molecule has 1 fully saturated rings. The molecule has 116 valence electrons. The fourth-order valence-electron chi connectivity index (χ4n) is 2.87. The number of urea groups is 1. The maximum absolute atomic E-state index is 11.9. The van der Waals surface area contributed by atoms with Crippen molar-refractivity contribution in [2.45, 2.75) is 25.7 Å². The Bertz CT molecular complexity index is 447. The number of ether oxygens (including phenoxy) is 1. The van der Waals surface area contributed by atoms with Crippen LogP contribution in [0.1, 0.15) is 25.7 Å². The summed E-state index contributed by atoms with van der Waals surface area (Å²) in [5.74, 6) is 1.46. The first-order valence-corrected chi connectivity index (χ1v) is 7.52. The fourth-order valence-corrected chi connectivity index (χ4v) is 2.87. The maximum Gasteiger partial charge on any atom is 0.319 e. The summed E-state index contributed by atoms with van der Waals surface area (Å²) in [6, 6.07) is 7.00. The van der Waals surface area contributed by atoms with Crippen molar-refractivity contribution in [3.05, 3.63) is 24.3 Å². The molecular formula is C16H24N2O3. The molecular weight excluding hydrogens is 268 g/mol. The highest BCUT2D eigenvalue weighted by atomic mass is 16.5. The Morgan fingerprint density at radius 2 is 1.90 bits per heavy atom. The minimum atomic E-state index is -0.206. The SMILES string of the molecule is COc1ccc(NC(=O)NCC2CCCCC2CO)cc1. The van der Waals surface area contributed by atoms with Gasteiger partial charge in [0.2, 0.25) is 0 Å². The lowest BCUT2D eigenvalue weighted by Gasteiger charge is -2.30. The average Bonchev–Trinajstić information content (AvgIpc) is 2.54. The van der Waals surface area contributed by atoms with Gasteiger partial charge in [0.25, 0.3) is 0 Å². The summed E-state index contributed by atoms with van der Waals surface area (Å²) in [7, 11) is 1.61. The molecule has 0 spiro atoms. The molecule has 0 radical (unpaired) electrons. The Morgan fingerprint density at radius 1 is 1.24 bits per heavy atom. The molecule has 2 amide bonds. The van der Waals surface area contributed by atoms with Gasteiger partial charge in [0.1, 0.15) is 5.75 Å². The minimum Gasteiger partial charge on any atom is -0.497 e. The molecule has 21 heavy (non-hydrogen) atoms. The van der Waals surface area contributed by atoms with Crippen LogP contribution in [0.5, 0.6) is 5.75 Å². The van der Waals surface area contributed by atoms with E-state index in [1.54, 1.807) is 31.4 Å². The van der Waals surface area contributed by atoms with Crippen LogP contribution in [0.2, 0.25) is 0 Å². The van der Waals surface area contributed by atoms with Gasteiger partial charge in [0.05, 0.1) is 7.11 Å². The van der Waals surface area contributed by atoms with Crippen molar-refractivity contribution in [2.75, 3.05) is 25.6 Å². The molecule has 1 aliphatic rings. The number of nitrogens with one attached hydrogen (secondary N) is 2. The van der Waals surface area contributed by atoms with Crippen molar-refractivity contribution in [3.8, 4) is 5.75 Å². The summed E-state index contributed by atoms with van der Waals surface area (Å²) in [6.07, 6.45) is 4.50. The highest BCUT2D eigenvalue weighted by Crippen LogP contribution is 2.29. The molecule has 5 nitrogen and oxygen atoms in total. The van der Waals surface area contributed by atoms with Gasteiger partial charge in [-0.2, -0.15) is 0 Å². The number of aliphatic hydroxyl groups is 1. The summed E-state index contributed by atoms with van der Waals surface area (Å²) in [5.41, 5.74) is 0.732. The summed E-state index contributed by atoms with van der Waals surface area (Å²) < 4.78 is 5.07. The molecule has 5 heteroatoms. The highest BCUT2D eigenvalue weighted by Gasteiger charge is 2.24. The lowest BCUT2D eigenvalue weighted by molar-refractivity contribution is 0.134. The van der Waals surface area contributed by atoms with Gasteiger partial charge in [-0.3, -0.25) is 0 Å². The van der Waals surface area contributed by atoms with Crippen LogP contribution in [0.15, 0.2) is 24.3 Å². The predicted octanol–water partition coefficient (Wildman–Crippen LogP) is 2.62. The Kier molecular flexibility index (Phi) is 5.87. The third kappa shape index (κ3) is 4.63. The zero-order valence-corrected chi connectivity index (χ0v) is 12.5. The Hall–Kier alpha value is -1.75. The monoisotopic (exact) mass is 292 g/mol. The van der Waals surface area contributed by atoms with E-state index in [4.69, 9.17) is 4.74 Å². The van der Waals surface area contributed by atoms with Gasteiger partial charge in [0, 0.05) is 18.8 Å². The first kappa shape index (κ1) is 15.6. The predicted molar refractivity (Wildman–Crippen MR) is 82.5 cm³/mol. The number of rotatable bonds is 5. The molecule has 3 N–H and O–H groups in total. The summed E-state index contributed by atoms with van der Waals surface area (Å²) in [6.45, 7) is 0.833. The number of carbonyl (C=O) groups excluding carboxylic acids is 1. The second kappa shape index (κ2) is 7.88. The molecule has 1 saturated carbocycles. The molecule has 0 aromatic heterocycles. The van der Waals surface area contributed by atoms with Crippen LogP contribution in [-0.4, -0.2) is 31.4 Å². The van der Waals surface area contributed by atoms with Crippen molar-refractivity contribution in [1.29, 1.82) is 0 Å². The third-order valence-corrected chi connectivity index (χ3v) is 4.17. The number of carbonyl (C=O) groups is 1. The maximum atomic E-state index is 11.9. The molecule has 1 aromatic carbocycles. The van der Waals surface area contributed by atoms with E-state index in [-0.39, 0.29) is 12.6 Å². The normalized spacial score (nSPS) is 21.6. The van der Waals surface area contributed by atoms with Crippen LogP contribution in [0, 0.1) is 11.8 Å². The standard InChI is InChI=1S/C16H24N2O3/c1-21-15-8-6-14(7-9-15)18-16(20)17-10-12-4-2-3-5-13(12)11-19/h6-9,12-13,19H,2-5,10-11H2,1H3,(H2,17,18,20). The first-order valence-electron chi connectivity index (χ1n) is 7.52. The Labute approximate surface area is 125 Å². The van der Waals surface area contributed by atoms with Crippen molar-refractivity contribution < 1.29 is 14.6 Å². The molecule has 2 unspecified atom stereocenters. The quantitative estimate of drug-likeness (QED) is 0.781. The Balaban J connectivity index is 1.78. The largest absolute Gasteiger partial charge is 0.497 e. The number of anilines is 1. The number of hydrogen-bond donors (Lipinski definition) is 3. The van der Waals surface area contributed by atoms with Crippen LogP contribution in [-0.2, 0) is 0 Å². The lowest BCUT2D eigenvalue weighted by Crippen LogP contribution is -2.37. The summed E-state index contributed by atoms with van der Waals surface area (Å²) in [4.78, 5) is 11.9. The van der Waals surface area contributed by atoms with Gasteiger partial charge in [-0.1, -0.05) is 12.8 Å². The van der Waals surface area contributed by atoms with Gasteiger partial charge < -0.3 is 20.5 Å². The van der Waals surface area contributed by atoms with Gasteiger partial charge in [-0.25, -0.2) is 4.79 Å². The van der Waals surface area contributed by atoms with Gasteiger partial charge in [-0.05, 0) is 48.9 Å². The smallest absolute Gasteiger partial charge is 0.319 e. The van der Waals surface area contributed by atoms with Gasteiger partial charge in [-0.15, -0.1) is 0 Å². The summed E-state index contributed by atoms with van der Waals surface area (Å²) >= 11 is 0. The topological polar surface area (TPSA) is 70.6 Å². The molecule has 0 saturated heterocycles. The molecule has 0 bridgehead atoms. The highest BCUT2D eigenvalue weighted by molar-refractivity contribution is 5.89. The number of methoxy groups -OCH3 is 1. The molecule has 2 rings (SSSR count). The van der Waals surface area contributed by atoms with Crippen molar-refractivity contribution in [2.24, 2.45) is 11.8 Å². The van der Waals surface area contributed by atoms with Crippen LogP contribution in [0.4, 0.5) is 10.5 Å². The number of amides is 2. The summed E-state index contributed by atoms with van der Waals surface area (Å²) in [5, 5.41) is 15.1. The molecule has 0 heterocycles. The van der Waals surface area contributed by atoms with E-state index in [0.29, 0.717) is 18.4 Å². The molecule has 1 aliphatic carbocycles. The average molecular weight is 292 g/mol. The van der Waals surface area contributed by atoms with E-state index >= 15 is 0 Å². The van der Waals surface area contributed by atoms with Crippen molar-refractivity contribution in [3.63, 3.8) is 0 Å². The third-order valence-electron chi connectivity index (χ3n) is 4.17. The number of hydrogen-bond acceptors (Lipinski definition) is 3. The lowest BCUT2D eigenvalue weighted by atomic mass is 9.80. The van der Waals surface area contributed by atoms with Crippen molar-refractivity contribution in [1.82, 2.24) is 5.32 Å². The Morgan fingerprint density at radius 3 is 2.52 bits per heavy atom. The van der Waals surface area contributed by atoms with E-state index in [9.17, 15) is 9.90 Å². The van der Waals surface area contributed by atoms with Gasteiger partial charge in [0.15, 0.2) is 0 Å². The number of aliphatic hydroxyl groups excluding tert-OH is 1. The number of benzene rings is 1. The van der Waals surface area contributed by atoms with Crippen LogP contribution < -0.4 is 15.4 Å². The van der Waals surface area contributed by atoms with E-state index in [1.165, 1.54) is 12.8 Å². The zero-order chi connectivity index (χ0) is 15.1. The van der Waals surface area contributed by atoms with Crippen molar-refractivity contribution >= 4 is 11.7 Å². The first-order chi connectivity index (χ1) is 10.2. The second-order valence-corrected chi connectivity index (χ2v) is 5.55. The van der Waals surface area contributed by atoms with Crippen LogP contribution in [0.3, 0.4) is 0 Å². The van der Waals surface area contributed by atoms with E-state index in [1.807, 2.05) is 0 Å². The van der Waals surface area contributed by atoms with Crippen LogP contribution >= 0.6 is 0 Å². The minimum absolute atomic E-state index is 0.206. The van der Waals surface area contributed by atoms with E-state index < -0.39 is 0 Å². The molecule has 0 aliphatic heterocycles. The zero-order valence-electron chi connectivity index (χ0n) is 12.5. The molecule has 2 atom stereocenters. The fraction of sp³-hybridized carbons (Fsp3) is 0.562. The van der Waals surface area contributed by atoms with Crippen LogP contribution in [0.25, 0.3) is 0 Å². The van der Waals surface area contributed by atoms with E-state index in [2.05, 4.69) is 10.6 Å².